The fraction of sp³-hybridized carbons (Fsp3) is 0.444. The normalized spacial score (nSPS) is 12.0. The quantitative estimate of drug-likeness (QED) is 0.276. The molecule has 0 unspecified atom stereocenters. The summed E-state index contributed by atoms with van der Waals surface area (Å²) >= 11 is 1.30. The molecule has 0 radical (unpaired) electrons. The van der Waals surface area contributed by atoms with E-state index in [2.05, 4.69) is 15.3 Å². The van der Waals surface area contributed by atoms with Gasteiger partial charge in [-0.2, -0.15) is 4.31 Å². The Bertz CT molecular complexity index is 837. The van der Waals surface area contributed by atoms with Crippen LogP contribution in [0.4, 0.5) is 0 Å². The molecule has 0 bridgehead atoms. The number of hydrogen-bond donors (Lipinski definition) is 2. The number of hydrogen-bond acceptors (Lipinski definition) is 5. The monoisotopic (exact) mass is 537 g/mol. The number of pyridine rings is 1. The third-order valence-electron chi connectivity index (χ3n) is 3.99. The second kappa shape index (κ2) is 12.3. The molecule has 0 saturated carbocycles. The number of sulfonamides is 1. The zero-order chi connectivity index (χ0) is 19.7. The average molecular weight is 537 g/mol. The molecule has 0 aliphatic heterocycles. The fourth-order valence-electron chi connectivity index (χ4n) is 2.53. The average Bonchev–Trinajstić information content (AvgIpc) is 3.13. The molecule has 10 heteroatoms. The highest BCUT2D eigenvalue weighted by molar-refractivity contribution is 14.0. The molecule has 0 spiro atoms. The summed E-state index contributed by atoms with van der Waals surface area (Å²) in [4.78, 5) is 9.53. The molecule has 2 aromatic rings. The van der Waals surface area contributed by atoms with Crippen LogP contribution in [0.1, 0.15) is 24.4 Å². The molecule has 2 aromatic heterocycles. The Balaban J connectivity index is 0.00000392. The summed E-state index contributed by atoms with van der Waals surface area (Å²) in [6, 6.07) is 9.33. The molecule has 2 rings (SSSR count). The number of nitrogens with one attached hydrogen (secondary N) is 1. The molecule has 7 nitrogen and oxygen atoms in total. The molecule has 0 atom stereocenters. The lowest BCUT2D eigenvalue weighted by Crippen LogP contribution is -2.33. The lowest BCUT2D eigenvalue weighted by molar-refractivity contribution is 0.447. The van der Waals surface area contributed by atoms with Gasteiger partial charge in [0.25, 0.3) is 10.0 Å². The molecule has 0 saturated heterocycles. The molecule has 0 fully saturated rings. The predicted molar refractivity (Wildman–Crippen MR) is 126 cm³/mol. The molecule has 0 aromatic carbocycles. The van der Waals surface area contributed by atoms with E-state index >= 15 is 0 Å². The number of rotatable bonds is 10. The van der Waals surface area contributed by atoms with Gasteiger partial charge < -0.3 is 11.1 Å². The molecule has 0 aliphatic rings. The Morgan fingerprint density at radius 3 is 2.61 bits per heavy atom. The topological polar surface area (TPSA) is 101 Å². The van der Waals surface area contributed by atoms with E-state index in [1.807, 2.05) is 38.1 Å². The number of nitrogens with zero attached hydrogens (tertiary/aromatic N) is 3. The van der Waals surface area contributed by atoms with Crippen LogP contribution in [0.2, 0.25) is 0 Å². The van der Waals surface area contributed by atoms with Crippen molar-refractivity contribution in [2.24, 2.45) is 10.7 Å². The Kier molecular flexibility index (Phi) is 10.9. The van der Waals surface area contributed by atoms with Gasteiger partial charge in [-0.05, 0) is 24.3 Å². The third kappa shape index (κ3) is 7.30. The summed E-state index contributed by atoms with van der Waals surface area (Å²) in [6.45, 7) is 5.79. The largest absolute Gasteiger partial charge is 0.370 e. The Labute approximate surface area is 188 Å². The van der Waals surface area contributed by atoms with E-state index < -0.39 is 10.0 Å². The highest BCUT2D eigenvalue weighted by Gasteiger charge is 2.23. The van der Waals surface area contributed by atoms with Gasteiger partial charge in [0.1, 0.15) is 4.21 Å². The van der Waals surface area contributed by atoms with E-state index in [9.17, 15) is 8.42 Å². The van der Waals surface area contributed by atoms with E-state index in [1.54, 1.807) is 12.3 Å². The lowest BCUT2D eigenvalue weighted by Gasteiger charge is -2.16. The van der Waals surface area contributed by atoms with Crippen molar-refractivity contribution in [1.82, 2.24) is 14.6 Å². The molecule has 0 aliphatic carbocycles. The Hall–Kier alpha value is -1.24. The van der Waals surface area contributed by atoms with Crippen molar-refractivity contribution in [1.29, 1.82) is 0 Å². The third-order valence-corrected chi connectivity index (χ3v) is 7.65. The van der Waals surface area contributed by atoms with Gasteiger partial charge in [0.2, 0.25) is 0 Å². The van der Waals surface area contributed by atoms with Crippen molar-refractivity contribution in [2.45, 2.75) is 30.9 Å². The second-order valence-corrected chi connectivity index (χ2v) is 9.16. The highest BCUT2D eigenvalue weighted by Crippen LogP contribution is 2.25. The van der Waals surface area contributed by atoms with E-state index in [-0.39, 0.29) is 24.0 Å². The van der Waals surface area contributed by atoms with Crippen molar-refractivity contribution in [3.05, 3.63) is 47.1 Å². The van der Waals surface area contributed by atoms with Crippen molar-refractivity contribution >= 4 is 51.3 Å². The zero-order valence-corrected chi connectivity index (χ0v) is 20.1. The van der Waals surface area contributed by atoms with Crippen LogP contribution in [-0.4, -0.2) is 49.8 Å². The van der Waals surface area contributed by atoms with Gasteiger partial charge >= 0.3 is 0 Å². The fourth-order valence-corrected chi connectivity index (χ4v) is 5.49. The predicted octanol–water partition coefficient (Wildman–Crippen LogP) is 2.48. The first kappa shape index (κ1) is 24.8. The van der Waals surface area contributed by atoms with Gasteiger partial charge in [-0.25, -0.2) is 8.42 Å². The molecular weight excluding hydrogens is 509 g/mol. The van der Waals surface area contributed by atoms with E-state index in [0.29, 0.717) is 42.8 Å². The van der Waals surface area contributed by atoms with Crippen LogP contribution >= 0.6 is 35.3 Å². The molecule has 28 heavy (non-hydrogen) atoms. The minimum atomic E-state index is -3.39. The van der Waals surface area contributed by atoms with Crippen molar-refractivity contribution in [2.75, 3.05) is 26.2 Å². The van der Waals surface area contributed by atoms with E-state index in [0.717, 1.165) is 17.0 Å². The molecule has 156 valence electrons. The lowest BCUT2D eigenvalue weighted by atomic mass is 10.3. The first-order chi connectivity index (χ1) is 13.0. The van der Waals surface area contributed by atoms with Gasteiger partial charge in [0, 0.05) is 55.8 Å². The molecule has 2 heterocycles. The summed E-state index contributed by atoms with van der Waals surface area (Å²) in [5.41, 5.74) is 6.87. The Morgan fingerprint density at radius 2 is 1.96 bits per heavy atom. The van der Waals surface area contributed by atoms with Crippen LogP contribution < -0.4 is 11.1 Å². The van der Waals surface area contributed by atoms with Gasteiger partial charge in [-0.15, -0.1) is 35.3 Å². The molecule has 3 N–H and O–H groups in total. The molecule has 0 amide bonds. The van der Waals surface area contributed by atoms with Crippen LogP contribution in [-0.2, 0) is 22.9 Å². The maximum atomic E-state index is 12.5. The Morgan fingerprint density at radius 1 is 1.21 bits per heavy atom. The minimum absolute atomic E-state index is 0. The van der Waals surface area contributed by atoms with E-state index in [1.165, 1.54) is 15.6 Å². The van der Waals surface area contributed by atoms with Crippen molar-refractivity contribution in [3.8, 4) is 0 Å². The first-order valence-corrected chi connectivity index (χ1v) is 11.3. The summed E-state index contributed by atoms with van der Waals surface area (Å²) < 4.78 is 26.8. The van der Waals surface area contributed by atoms with Crippen molar-refractivity contribution < 1.29 is 8.42 Å². The van der Waals surface area contributed by atoms with Gasteiger partial charge in [0.15, 0.2) is 5.96 Å². The number of aliphatic imine (C=N–C) groups is 1. The zero-order valence-electron chi connectivity index (χ0n) is 16.2. The number of thiophene rings is 1. The van der Waals surface area contributed by atoms with E-state index in [4.69, 9.17) is 5.73 Å². The summed E-state index contributed by atoms with van der Waals surface area (Å²) in [7, 11) is -3.39. The maximum absolute atomic E-state index is 12.5. The van der Waals surface area contributed by atoms with Crippen LogP contribution in [0.15, 0.2) is 45.7 Å². The van der Waals surface area contributed by atoms with Crippen LogP contribution in [0, 0.1) is 0 Å². The summed E-state index contributed by atoms with van der Waals surface area (Å²) in [5.74, 6) is 0.387. The van der Waals surface area contributed by atoms with Crippen LogP contribution in [0.5, 0.6) is 0 Å². The van der Waals surface area contributed by atoms with Gasteiger partial charge in [-0.3, -0.25) is 9.98 Å². The SMILES string of the molecule is CCN(CC)S(=O)(=O)c1ccc(CCN=C(N)NCCc2ccccn2)s1.I. The standard InChI is InChI=1S/C18H27N5O2S2.HI/c1-3-23(4-2)27(24,25)17-9-8-16(26-17)11-14-22-18(19)21-13-10-15-7-5-6-12-20-15;/h5-9,12H,3-4,10-11,13-14H2,1-2H3,(H3,19,21,22);1H. The van der Waals surface area contributed by atoms with Crippen molar-refractivity contribution in [3.63, 3.8) is 0 Å². The van der Waals surface area contributed by atoms with Gasteiger partial charge in [0.05, 0.1) is 0 Å². The van der Waals surface area contributed by atoms with Crippen LogP contribution in [0.3, 0.4) is 0 Å². The second-order valence-electron chi connectivity index (χ2n) is 5.82. The summed E-state index contributed by atoms with van der Waals surface area (Å²) in [5, 5.41) is 3.07. The van der Waals surface area contributed by atoms with Gasteiger partial charge in [-0.1, -0.05) is 19.9 Å². The van der Waals surface area contributed by atoms with Crippen LogP contribution in [0.25, 0.3) is 0 Å². The highest BCUT2D eigenvalue weighted by atomic mass is 127. The maximum Gasteiger partial charge on any atom is 0.252 e. The summed E-state index contributed by atoms with van der Waals surface area (Å²) in [6.07, 6.45) is 3.19. The number of guanidine groups is 1. The smallest absolute Gasteiger partial charge is 0.252 e. The number of nitrogens with two attached hydrogens (primary N) is 1. The molecular formula is C18H28IN5O2S2. The first-order valence-electron chi connectivity index (χ1n) is 9.00. The number of halogens is 1. The number of aromatic nitrogens is 1. The minimum Gasteiger partial charge on any atom is -0.370 e.